The first kappa shape index (κ1) is 22.6. The fraction of sp³-hybridized carbons (Fsp3) is 0.182. The third kappa shape index (κ3) is 3.74. The molecule has 1 fully saturated rings. The van der Waals surface area contributed by atoms with Crippen molar-refractivity contribution >= 4 is 15.9 Å². The first-order valence-electron chi connectivity index (χ1n) is 13.0. The first-order valence-corrected chi connectivity index (χ1v) is 13.8. The van der Waals surface area contributed by atoms with Crippen LogP contribution in [0.4, 0.5) is 0 Å². The summed E-state index contributed by atoms with van der Waals surface area (Å²) in [6.07, 6.45) is 6.22. The summed E-state index contributed by atoms with van der Waals surface area (Å²) in [5.41, 5.74) is 8.62. The second-order valence-electron chi connectivity index (χ2n) is 10.1. The number of hydrogen-bond donors (Lipinski definition) is 0. The fourth-order valence-corrected chi connectivity index (χ4v) is 6.69. The summed E-state index contributed by atoms with van der Waals surface area (Å²) in [5.74, 6) is 2.12. The summed E-state index contributed by atoms with van der Waals surface area (Å²) in [7, 11) is 0. The Morgan fingerprint density at radius 3 is 1.81 bits per heavy atom. The van der Waals surface area contributed by atoms with Gasteiger partial charge in [-0.2, -0.15) is 0 Å². The van der Waals surface area contributed by atoms with E-state index in [0.717, 1.165) is 27.0 Å². The SMILES string of the molecule is Brc1ccc2c(c1)C1(CCCCC1)c1cccc(-c3nc(-c4ccccc4)nc(-c4ccccc4)n3)c1-2. The molecule has 2 aliphatic carbocycles. The van der Waals surface area contributed by atoms with E-state index in [4.69, 9.17) is 15.0 Å². The van der Waals surface area contributed by atoms with Crippen molar-refractivity contribution in [3.8, 4) is 45.3 Å². The van der Waals surface area contributed by atoms with Crippen LogP contribution in [0.25, 0.3) is 45.3 Å². The number of hydrogen-bond acceptors (Lipinski definition) is 3. The summed E-state index contributed by atoms with van der Waals surface area (Å²) in [5, 5.41) is 0. The molecule has 0 unspecified atom stereocenters. The monoisotopic (exact) mass is 543 g/mol. The van der Waals surface area contributed by atoms with Crippen molar-refractivity contribution in [3.05, 3.63) is 113 Å². The van der Waals surface area contributed by atoms with Crippen molar-refractivity contribution in [3.63, 3.8) is 0 Å². The van der Waals surface area contributed by atoms with Crippen LogP contribution in [0, 0.1) is 0 Å². The highest BCUT2D eigenvalue weighted by atomic mass is 79.9. The van der Waals surface area contributed by atoms with E-state index in [9.17, 15) is 0 Å². The second kappa shape index (κ2) is 9.04. The van der Waals surface area contributed by atoms with Crippen LogP contribution < -0.4 is 0 Å². The lowest BCUT2D eigenvalue weighted by molar-refractivity contribution is 0.353. The van der Waals surface area contributed by atoms with Gasteiger partial charge < -0.3 is 0 Å². The molecule has 3 nitrogen and oxygen atoms in total. The Bertz CT molecular complexity index is 1550. The normalized spacial score (nSPS) is 15.4. The third-order valence-electron chi connectivity index (χ3n) is 7.99. The molecule has 37 heavy (non-hydrogen) atoms. The largest absolute Gasteiger partial charge is 0.208 e. The van der Waals surface area contributed by atoms with Gasteiger partial charge in [0.2, 0.25) is 0 Å². The zero-order chi connectivity index (χ0) is 24.8. The maximum Gasteiger partial charge on any atom is 0.164 e. The molecule has 4 heteroatoms. The molecule has 5 aromatic rings. The molecule has 1 aromatic heterocycles. The number of aromatic nitrogens is 3. The van der Waals surface area contributed by atoms with Gasteiger partial charge in [-0.1, -0.05) is 120 Å². The molecular weight excluding hydrogens is 518 g/mol. The maximum absolute atomic E-state index is 5.07. The predicted octanol–water partition coefficient (Wildman–Crippen LogP) is 8.87. The zero-order valence-corrected chi connectivity index (χ0v) is 22.1. The van der Waals surface area contributed by atoms with Crippen molar-refractivity contribution in [1.82, 2.24) is 15.0 Å². The molecule has 180 valence electrons. The predicted molar refractivity (Wildman–Crippen MR) is 153 cm³/mol. The highest BCUT2D eigenvalue weighted by molar-refractivity contribution is 9.10. The van der Waals surface area contributed by atoms with E-state index >= 15 is 0 Å². The van der Waals surface area contributed by atoms with Crippen molar-refractivity contribution in [2.45, 2.75) is 37.5 Å². The van der Waals surface area contributed by atoms with E-state index in [1.54, 1.807) is 0 Å². The molecule has 0 aliphatic heterocycles. The van der Waals surface area contributed by atoms with E-state index in [-0.39, 0.29) is 5.41 Å². The summed E-state index contributed by atoms with van der Waals surface area (Å²) < 4.78 is 1.14. The number of halogens is 1. The van der Waals surface area contributed by atoms with Gasteiger partial charge in [-0.25, -0.2) is 15.0 Å². The minimum atomic E-state index is 0.0697. The van der Waals surface area contributed by atoms with Gasteiger partial charge in [0.25, 0.3) is 0 Å². The van der Waals surface area contributed by atoms with Crippen molar-refractivity contribution in [1.29, 1.82) is 0 Å². The van der Waals surface area contributed by atoms with Crippen LogP contribution in [0.5, 0.6) is 0 Å². The van der Waals surface area contributed by atoms with E-state index in [1.165, 1.54) is 54.4 Å². The molecule has 0 amide bonds. The van der Waals surface area contributed by atoms with E-state index < -0.39 is 0 Å². The maximum atomic E-state index is 5.07. The van der Waals surface area contributed by atoms with Crippen LogP contribution in [0.2, 0.25) is 0 Å². The van der Waals surface area contributed by atoms with Crippen molar-refractivity contribution in [2.75, 3.05) is 0 Å². The van der Waals surface area contributed by atoms with Crippen LogP contribution in [0.15, 0.2) is 102 Å². The molecule has 0 atom stereocenters. The Balaban J connectivity index is 1.49. The summed E-state index contributed by atoms with van der Waals surface area (Å²) in [4.78, 5) is 15.0. The highest BCUT2D eigenvalue weighted by Crippen LogP contribution is 2.58. The highest BCUT2D eigenvalue weighted by Gasteiger charge is 2.44. The molecule has 7 rings (SSSR count). The minimum absolute atomic E-state index is 0.0697. The average molecular weight is 544 g/mol. The van der Waals surface area contributed by atoms with Gasteiger partial charge in [0.15, 0.2) is 17.5 Å². The van der Waals surface area contributed by atoms with Gasteiger partial charge in [-0.05, 0) is 47.2 Å². The van der Waals surface area contributed by atoms with Gasteiger partial charge in [0, 0.05) is 26.6 Å². The summed E-state index contributed by atoms with van der Waals surface area (Å²) in [6.45, 7) is 0. The Labute approximate surface area is 225 Å². The first-order chi connectivity index (χ1) is 18.2. The molecular formula is C33H26BrN3. The molecule has 0 saturated heterocycles. The number of benzene rings is 4. The van der Waals surface area contributed by atoms with Gasteiger partial charge in [-0.15, -0.1) is 0 Å². The molecule has 0 bridgehead atoms. The van der Waals surface area contributed by atoms with Gasteiger partial charge >= 0.3 is 0 Å². The van der Waals surface area contributed by atoms with Crippen LogP contribution in [0.1, 0.15) is 43.2 Å². The topological polar surface area (TPSA) is 38.7 Å². The van der Waals surface area contributed by atoms with E-state index in [2.05, 4.69) is 76.6 Å². The molecule has 2 aliphatic rings. The Hall–Kier alpha value is -3.63. The standard InChI is InChI=1S/C33H26BrN3/c34-24-17-18-25-28(21-24)33(19-8-3-9-20-33)27-16-10-15-26(29(25)27)32-36-30(22-11-4-1-5-12-22)35-31(37-32)23-13-6-2-7-14-23/h1-2,4-7,10-18,21H,3,8-9,19-20H2. The summed E-state index contributed by atoms with van der Waals surface area (Å²) in [6, 6.07) is 33.9. The lowest BCUT2D eigenvalue weighted by Gasteiger charge is -2.36. The summed E-state index contributed by atoms with van der Waals surface area (Å²) >= 11 is 3.76. The number of rotatable bonds is 3. The Kier molecular flexibility index (Phi) is 5.51. The second-order valence-corrected chi connectivity index (χ2v) is 11.0. The van der Waals surface area contributed by atoms with Crippen LogP contribution in [-0.2, 0) is 5.41 Å². The fourth-order valence-electron chi connectivity index (χ4n) is 6.33. The molecule has 1 spiro atoms. The number of fused-ring (bicyclic) bond motifs is 5. The minimum Gasteiger partial charge on any atom is -0.208 e. The molecule has 0 N–H and O–H groups in total. The van der Waals surface area contributed by atoms with Crippen molar-refractivity contribution < 1.29 is 0 Å². The lowest BCUT2D eigenvalue weighted by Crippen LogP contribution is -2.28. The smallest absolute Gasteiger partial charge is 0.164 e. The van der Waals surface area contributed by atoms with Gasteiger partial charge in [0.1, 0.15) is 0 Å². The Morgan fingerprint density at radius 2 is 1.16 bits per heavy atom. The molecule has 1 saturated carbocycles. The molecule has 0 radical (unpaired) electrons. The zero-order valence-electron chi connectivity index (χ0n) is 20.5. The van der Waals surface area contributed by atoms with Crippen LogP contribution >= 0.6 is 15.9 Å². The van der Waals surface area contributed by atoms with E-state index in [0.29, 0.717) is 11.6 Å². The lowest BCUT2D eigenvalue weighted by atomic mass is 9.68. The van der Waals surface area contributed by atoms with Gasteiger partial charge in [-0.3, -0.25) is 0 Å². The quantitative estimate of drug-likeness (QED) is 0.228. The van der Waals surface area contributed by atoms with Crippen molar-refractivity contribution in [2.24, 2.45) is 0 Å². The molecule has 4 aromatic carbocycles. The van der Waals surface area contributed by atoms with Crippen LogP contribution in [0.3, 0.4) is 0 Å². The Morgan fingerprint density at radius 1 is 0.541 bits per heavy atom. The number of nitrogens with zero attached hydrogens (tertiary/aromatic N) is 3. The average Bonchev–Trinajstić information content (AvgIpc) is 3.22. The third-order valence-corrected chi connectivity index (χ3v) is 8.49. The molecule has 1 heterocycles. The van der Waals surface area contributed by atoms with Gasteiger partial charge in [0.05, 0.1) is 0 Å². The van der Waals surface area contributed by atoms with Crippen LogP contribution in [-0.4, -0.2) is 15.0 Å². The van der Waals surface area contributed by atoms with E-state index in [1.807, 2.05) is 36.4 Å².